The summed E-state index contributed by atoms with van der Waals surface area (Å²) in [5.74, 6) is 0.00935. The summed E-state index contributed by atoms with van der Waals surface area (Å²) >= 11 is 0. The molecule has 0 amide bonds. The van der Waals surface area contributed by atoms with Crippen molar-refractivity contribution in [3.8, 4) is 0 Å². The molecule has 3 heteroatoms. The van der Waals surface area contributed by atoms with Crippen LogP contribution in [-0.4, -0.2) is 29.8 Å². The summed E-state index contributed by atoms with van der Waals surface area (Å²) in [4.78, 5) is 14.4. The van der Waals surface area contributed by atoms with E-state index in [9.17, 15) is 9.18 Å². The Hall–Kier alpha value is -1.48. The second-order valence-corrected chi connectivity index (χ2v) is 5.19. The maximum Gasteiger partial charge on any atom is 0.162 e. The van der Waals surface area contributed by atoms with Gasteiger partial charge in [0.1, 0.15) is 5.82 Å². The zero-order valence-corrected chi connectivity index (χ0v) is 10.4. The number of halogens is 1. The molecule has 2 aliphatic rings. The predicted octanol–water partition coefficient (Wildman–Crippen LogP) is 2.64. The van der Waals surface area contributed by atoms with Crippen molar-refractivity contribution in [3.63, 3.8) is 0 Å². The number of hydrogen-bond acceptors (Lipinski definition) is 2. The highest BCUT2D eigenvalue weighted by molar-refractivity contribution is 6.02. The van der Waals surface area contributed by atoms with E-state index in [1.807, 2.05) is 6.08 Å². The topological polar surface area (TPSA) is 20.3 Å². The average Bonchev–Trinajstić information content (AvgIpc) is 2.61. The molecule has 1 aromatic rings. The molecular formula is C15H16FNO. The van der Waals surface area contributed by atoms with E-state index in [4.69, 9.17) is 0 Å². The number of carbonyl (C=O) groups is 1. The lowest BCUT2D eigenvalue weighted by Crippen LogP contribution is -2.41. The fourth-order valence-electron chi connectivity index (χ4n) is 3.07. The Balaban J connectivity index is 1.94. The van der Waals surface area contributed by atoms with Gasteiger partial charge in [0.05, 0.1) is 0 Å². The third-order valence-electron chi connectivity index (χ3n) is 4.14. The molecule has 2 atom stereocenters. The fraction of sp³-hybridized carbons (Fsp3) is 0.400. The standard InChI is InChI=1S/C15H16FNO/c1-17-12-6-7-14(17)13(15(18)9-12)8-10-2-4-11(16)5-3-10/h2-5,8,12,14H,6-7,9H2,1H3/b13-8-. The van der Waals surface area contributed by atoms with Crippen molar-refractivity contribution in [3.05, 3.63) is 41.2 Å². The van der Waals surface area contributed by atoms with Gasteiger partial charge in [0.25, 0.3) is 0 Å². The Kier molecular flexibility index (Phi) is 2.78. The summed E-state index contributed by atoms with van der Waals surface area (Å²) in [7, 11) is 2.09. The summed E-state index contributed by atoms with van der Waals surface area (Å²) in [6.07, 6.45) is 4.71. The Morgan fingerprint density at radius 2 is 2.00 bits per heavy atom. The van der Waals surface area contributed by atoms with Gasteiger partial charge < -0.3 is 0 Å². The smallest absolute Gasteiger partial charge is 0.162 e. The molecule has 0 radical (unpaired) electrons. The van der Waals surface area contributed by atoms with Crippen molar-refractivity contribution in [1.29, 1.82) is 0 Å². The van der Waals surface area contributed by atoms with Gasteiger partial charge in [-0.1, -0.05) is 12.1 Å². The molecule has 0 N–H and O–H groups in total. The Labute approximate surface area is 106 Å². The van der Waals surface area contributed by atoms with Crippen molar-refractivity contribution in [2.45, 2.75) is 31.3 Å². The number of nitrogens with zero attached hydrogens (tertiary/aromatic N) is 1. The SMILES string of the molecule is CN1C2CCC1/C(=C/c1ccc(F)cc1)C(=O)C2. The maximum absolute atomic E-state index is 12.9. The highest BCUT2D eigenvalue weighted by Crippen LogP contribution is 2.36. The molecule has 2 unspecified atom stereocenters. The van der Waals surface area contributed by atoms with E-state index in [1.54, 1.807) is 12.1 Å². The number of likely N-dealkylation sites (N-methyl/N-ethyl adjacent to an activating group) is 1. The van der Waals surface area contributed by atoms with E-state index in [0.717, 1.165) is 24.0 Å². The molecule has 2 bridgehead atoms. The molecule has 0 aromatic heterocycles. The highest BCUT2D eigenvalue weighted by atomic mass is 19.1. The third-order valence-corrected chi connectivity index (χ3v) is 4.14. The molecule has 94 valence electrons. The largest absolute Gasteiger partial charge is 0.296 e. The Morgan fingerprint density at radius 3 is 2.72 bits per heavy atom. The van der Waals surface area contributed by atoms with Crippen molar-refractivity contribution < 1.29 is 9.18 Å². The number of piperidine rings is 1. The zero-order valence-electron chi connectivity index (χ0n) is 10.4. The number of benzene rings is 1. The van der Waals surface area contributed by atoms with Crippen LogP contribution >= 0.6 is 0 Å². The van der Waals surface area contributed by atoms with Crippen LogP contribution in [0.5, 0.6) is 0 Å². The molecule has 2 saturated heterocycles. The number of carbonyl (C=O) groups excluding carboxylic acids is 1. The van der Waals surface area contributed by atoms with Crippen molar-refractivity contribution in [2.75, 3.05) is 7.05 Å². The van der Waals surface area contributed by atoms with Crippen LogP contribution in [0.2, 0.25) is 0 Å². The lowest BCUT2D eigenvalue weighted by molar-refractivity contribution is -0.118. The van der Waals surface area contributed by atoms with Gasteiger partial charge in [-0.15, -0.1) is 0 Å². The van der Waals surface area contributed by atoms with E-state index in [-0.39, 0.29) is 17.6 Å². The van der Waals surface area contributed by atoms with Gasteiger partial charge in [-0.05, 0) is 43.7 Å². The lowest BCUT2D eigenvalue weighted by Gasteiger charge is -2.32. The van der Waals surface area contributed by atoms with Crippen LogP contribution < -0.4 is 0 Å². The van der Waals surface area contributed by atoms with Crippen LogP contribution in [0.15, 0.2) is 29.8 Å². The molecule has 0 saturated carbocycles. The van der Waals surface area contributed by atoms with Crippen LogP contribution in [0, 0.1) is 5.82 Å². The van der Waals surface area contributed by atoms with E-state index >= 15 is 0 Å². The molecule has 0 spiro atoms. The molecule has 2 nitrogen and oxygen atoms in total. The minimum absolute atomic E-state index is 0.245. The van der Waals surface area contributed by atoms with Gasteiger partial charge in [0.15, 0.2) is 5.78 Å². The average molecular weight is 245 g/mol. The van der Waals surface area contributed by atoms with Crippen molar-refractivity contribution >= 4 is 11.9 Å². The first-order valence-corrected chi connectivity index (χ1v) is 6.37. The van der Waals surface area contributed by atoms with E-state index in [2.05, 4.69) is 11.9 Å². The van der Waals surface area contributed by atoms with Crippen molar-refractivity contribution in [1.82, 2.24) is 4.90 Å². The first kappa shape index (κ1) is 11.6. The Bertz CT molecular complexity index is 506. The van der Waals surface area contributed by atoms with Gasteiger partial charge in [-0.25, -0.2) is 4.39 Å². The molecule has 1 aromatic carbocycles. The fourth-order valence-corrected chi connectivity index (χ4v) is 3.07. The monoisotopic (exact) mass is 245 g/mol. The summed E-state index contributed by atoms with van der Waals surface area (Å²) in [5, 5.41) is 0. The predicted molar refractivity (Wildman–Crippen MR) is 68.6 cm³/mol. The number of hydrogen-bond donors (Lipinski definition) is 0. The zero-order chi connectivity index (χ0) is 12.7. The highest BCUT2D eigenvalue weighted by Gasteiger charge is 2.41. The number of fused-ring (bicyclic) bond motifs is 2. The molecule has 2 fully saturated rings. The lowest BCUT2D eigenvalue weighted by atomic mass is 9.94. The van der Waals surface area contributed by atoms with Crippen LogP contribution in [0.25, 0.3) is 6.08 Å². The molecule has 18 heavy (non-hydrogen) atoms. The third kappa shape index (κ3) is 1.89. The summed E-state index contributed by atoms with van der Waals surface area (Å²) in [6.45, 7) is 0. The second-order valence-electron chi connectivity index (χ2n) is 5.19. The van der Waals surface area contributed by atoms with Crippen LogP contribution in [-0.2, 0) is 4.79 Å². The molecule has 2 aliphatic heterocycles. The minimum Gasteiger partial charge on any atom is -0.296 e. The summed E-state index contributed by atoms with van der Waals surface area (Å²) in [5.41, 5.74) is 1.79. The minimum atomic E-state index is -0.245. The summed E-state index contributed by atoms with van der Waals surface area (Å²) in [6, 6.07) is 6.98. The van der Waals surface area contributed by atoms with Crippen LogP contribution in [0.3, 0.4) is 0 Å². The molecule has 2 heterocycles. The molecular weight excluding hydrogens is 229 g/mol. The van der Waals surface area contributed by atoms with E-state index in [0.29, 0.717) is 12.5 Å². The quantitative estimate of drug-likeness (QED) is 0.709. The van der Waals surface area contributed by atoms with E-state index in [1.165, 1.54) is 12.1 Å². The van der Waals surface area contributed by atoms with Gasteiger partial charge in [0.2, 0.25) is 0 Å². The first-order chi connectivity index (χ1) is 8.65. The molecule has 3 rings (SSSR count). The first-order valence-electron chi connectivity index (χ1n) is 6.37. The normalized spacial score (nSPS) is 30.1. The maximum atomic E-state index is 12.9. The van der Waals surface area contributed by atoms with Gasteiger partial charge >= 0.3 is 0 Å². The van der Waals surface area contributed by atoms with Gasteiger partial charge in [-0.3, -0.25) is 9.69 Å². The number of ketones is 1. The van der Waals surface area contributed by atoms with E-state index < -0.39 is 0 Å². The Morgan fingerprint density at radius 1 is 1.28 bits per heavy atom. The number of rotatable bonds is 1. The molecule has 0 aliphatic carbocycles. The second kappa shape index (κ2) is 4.32. The van der Waals surface area contributed by atoms with Gasteiger partial charge in [-0.2, -0.15) is 0 Å². The number of Topliss-reactive ketones (excluding diaryl/α,β-unsaturated/α-hetero) is 1. The summed E-state index contributed by atoms with van der Waals surface area (Å²) < 4.78 is 12.9. The van der Waals surface area contributed by atoms with Crippen LogP contribution in [0.1, 0.15) is 24.8 Å². The van der Waals surface area contributed by atoms with Gasteiger partial charge in [0, 0.05) is 24.1 Å². The van der Waals surface area contributed by atoms with Crippen LogP contribution in [0.4, 0.5) is 4.39 Å². The van der Waals surface area contributed by atoms with Crippen molar-refractivity contribution in [2.24, 2.45) is 0 Å².